The second-order valence-electron chi connectivity index (χ2n) is 6.54. The molecule has 0 atom stereocenters. The summed E-state index contributed by atoms with van der Waals surface area (Å²) in [4.78, 5) is 15.5. The van der Waals surface area contributed by atoms with Gasteiger partial charge in [-0.25, -0.2) is 0 Å². The molecule has 128 valence electrons. The summed E-state index contributed by atoms with van der Waals surface area (Å²) in [6.45, 7) is 6.42. The van der Waals surface area contributed by atoms with E-state index in [1.54, 1.807) is 0 Å². The summed E-state index contributed by atoms with van der Waals surface area (Å²) in [6, 6.07) is 8.15. The normalized spacial score (nSPS) is 15.2. The van der Waals surface area contributed by atoms with Crippen molar-refractivity contribution in [2.45, 2.75) is 46.1 Å². The number of benzene rings is 1. The Morgan fingerprint density at radius 3 is 2.46 bits per heavy atom. The van der Waals surface area contributed by atoms with Crippen LogP contribution >= 0.6 is 11.3 Å². The van der Waals surface area contributed by atoms with Crippen LogP contribution in [-0.4, -0.2) is 23.9 Å². The number of thiophene rings is 1. The van der Waals surface area contributed by atoms with Gasteiger partial charge in [-0.15, -0.1) is 11.3 Å². The van der Waals surface area contributed by atoms with Crippen LogP contribution in [0.3, 0.4) is 0 Å². The first-order chi connectivity index (χ1) is 11.6. The summed E-state index contributed by atoms with van der Waals surface area (Å²) in [5, 5.41) is 2.04. The van der Waals surface area contributed by atoms with Gasteiger partial charge in [0.15, 0.2) is 0 Å². The van der Waals surface area contributed by atoms with Crippen molar-refractivity contribution >= 4 is 17.2 Å². The van der Waals surface area contributed by atoms with Crippen LogP contribution in [0, 0.1) is 13.8 Å². The lowest BCUT2D eigenvalue weighted by molar-refractivity contribution is 0.0766. The minimum atomic E-state index is 0.181. The number of hydrogen-bond acceptors (Lipinski definition) is 3. The molecule has 0 unspecified atom stereocenters. The summed E-state index contributed by atoms with van der Waals surface area (Å²) in [6.07, 6.45) is 4.73. The standard InChI is InChI=1S/C20H25NO2S/c1-15-8-7-9-16(2)19(15)23-13-17-12-18(24-14-17)20(22)21-10-5-3-4-6-11-21/h7-9,12,14H,3-6,10-11,13H2,1-2H3. The zero-order chi connectivity index (χ0) is 16.9. The highest BCUT2D eigenvalue weighted by Gasteiger charge is 2.19. The average molecular weight is 343 g/mol. The molecule has 0 saturated carbocycles. The zero-order valence-corrected chi connectivity index (χ0v) is 15.3. The molecule has 1 saturated heterocycles. The first-order valence-electron chi connectivity index (χ1n) is 8.71. The monoisotopic (exact) mass is 343 g/mol. The van der Waals surface area contributed by atoms with E-state index >= 15 is 0 Å². The molecule has 1 fully saturated rings. The molecule has 1 amide bonds. The number of aryl methyl sites for hydroxylation is 2. The van der Waals surface area contributed by atoms with Gasteiger partial charge in [-0.05, 0) is 49.3 Å². The molecule has 2 heterocycles. The average Bonchev–Trinajstić information content (AvgIpc) is 2.87. The number of likely N-dealkylation sites (tertiary alicyclic amines) is 1. The third kappa shape index (κ3) is 3.99. The molecule has 0 radical (unpaired) electrons. The van der Waals surface area contributed by atoms with Gasteiger partial charge in [0.25, 0.3) is 5.91 Å². The van der Waals surface area contributed by atoms with Crippen molar-refractivity contribution in [2.75, 3.05) is 13.1 Å². The van der Waals surface area contributed by atoms with Gasteiger partial charge in [-0.2, -0.15) is 0 Å². The second kappa shape index (κ2) is 7.84. The third-order valence-corrected chi connectivity index (χ3v) is 5.52. The summed E-state index contributed by atoms with van der Waals surface area (Å²) in [5.41, 5.74) is 3.36. The molecule has 3 nitrogen and oxygen atoms in total. The SMILES string of the molecule is Cc1cccc(C)c1OCc1csc(C(=O)N2CCCCCC2)c1. The number of amides is 1. The van der Waals surface area contributed by atoms with Gasteiger partial charge in [0.05, 0.1) is 4.88 Å². The maximum Gasteiger partial charge on any atom is 0.263 e. The highest BCUT2D eigenvalue weighted by atomic mass is 32.1. The molecule has 0 N–H and O–H groups in total. The summed E-state index contributed by atoms with van der Waals surface area (Å²) >= 11 is 1.53. The van der Waals surface area contributed by atoms with E-state index < -0.39 is 0 Å². The van der Waals surface area contributed by atoms with Crippen LogP contribution < -0.4 is 4.74 Å². The number of ether oxygens (including phenoxy) is 1. The van der Waals surface area contributed by atoms with E-state index in [-0.39, 0.29) is 5.91 Å². The van der Waals surface area contributed by atoms with Crippen molar-refractivity contribution in [1.82, 2.24) is 4.90 Å². The van der Waals surface area contributed by atoms with E-state index in [1.807, 2.05) is 22.4 Å². The number of para-hydroxylation sites is 1. The molecular weight excluding hydrogens is 318 g/mol. The lowest BCUT2D eigenvalue weighted by Crippen LogP contribution is -2.31. The molecule has 1 aromatic heterocycles. The van der Waals surface area contributed by atoms with E-state index in [1.165, 1.54) is 24.2 Å². The first kappa shape index (κ1) is 17.0. The van der Waals surface area contributed by atoms with E-state index in [4.69, 9.17) is 4.74 Å². The van der Waals surface area contributed by atoms with Gasteiger partial charge < -0.3 is 9.64 Å². The van der Waals surface area contributed by atoms with Crippen LogP contribution in [0.5, 0.6) is 5.75 Å². The van der Waals surface area contributed by atoms with Crippen molar-refractivity contribution in [3.63, 3.8) is 0 Å². The number of carbonyl (C=O) groups excluding carboxylic acids is 1. The lowest BCUT2D eigenvalue weighted by atomic mass is 10.1. The van der Waals surface area contributed by atoms with Crippen molar-refractivity contribution in [3.8, 4) is 5.75 Å². The largest absolute Gasteiger partial charge is 0.488 e. The Balaban J connectivity index is 1.64. The van der Waals surface area contributed by atoms with Gasteiger partial charge in [0, 0.05) is 18.7 Å². The first-order valence-corrected chi connectivity index (χ1v) is 9.59. The van der Waals surface area contributed by atoms with Crippen LogP contribution in [0.2, 0.25) is 0 Å². The maximum atomic E-state index is 12.6. The van der Waals surface area contributed by atoms with Gasteiger partial charge in [0.2, 0.25) is 0 Å². The fourth-order valence-corrected chi connectivity index (χ4v) is 4.04. The molecule has 0 spiro atoms. The molecule has 3 rings (SSSR count). The molecule has 0 aliphatic carbocycles. The number of rotatable bonds is 4. The Morgan fingerprint density at radius 2 is 1.79 bits per heavy atom. The van der Waals surface area contributed by atoms with Crippen molar-refractivity contribution in [2.24, 2.45) is 0 Å². The van der Waals surface area contributed by atoms with Gasteiger partial charge in [-0.3, -0.25) is 4.79 Å². The van der Waals surface area contributed by atoms with Crippen LogP contribution in [0.25, 0.3) is 0 Å². The molecule has 1 aromatic carbocycles. The number of carbonyl (C=O) groups is 1. The quantitative estimate of drug-likeness (QED) is 0.785. The minimum Gasteiger partial charge on any atom is -0.488 e. The molecule has 24 heavy (non-hydrogen) atoms. The van der Waals surface area contributed by atoms with E-state index in [9.17, 15) is 4.79 Å². The molecule has 1 aliphatic rings. The number of hydrogen-bond donors (Lipinski definition) is 0. The fourth-order valence-electron chi connectivity index (χ4n) is 3.18. The third-order valence-electron chi connectivity index (χ3n) is 4.55. The second-order valence-corrected chi connectivity index (χ2v) is 7.45. The Morgan fingerprint density at radius 1 is 1.12 bits per heavy atom. The van der Waals surface area contributed by atoms with E-state index in [2.05, 4.69) is 26.0 Å². The van der Waals surface area contributed by atoms with Gasteiger partial charge in [-0.1, -0.05) is 31.0 Å². The maximum absolute atomic E-state index is 12.6. The van der Waals surface area contributed by atoms with Crippen LogP contribution in [0.4, 0.5) is 0 Å². The molecular formula is C20H25NO2S. The highest BCUT2D eigenvalue weighted by molar-refractivity contribution is 7.12. The number of nitrogens with zero attached hydrogens (tertiary/aromatic N) is 1. The Bertz CT molecular complexity index is 679. The summed E-state index contributed by atoms with van der Waals surface area (Å²) in [7, 11) is 0. The zero-order valence-electron chi connectivity index (χ0n) is 14.5. The predicted octanol–water partition coefficient (Wildman–Crippen LogP) is 4.96. The van der Waals surface area contributed by atoms with Crippen molar-refractivity contribution < 1.29 is 9.53 Å². The fraction of sp³-hybridized carbons (Fsp3) is 0.450. The highest BCUT2D eigenvalue weighted by Crippen LogP contribution is 2.25. The molecule has 2 aromatic rings. The lowest BCUT2D eigenvalue weighted by Gasteiger charge is -2.19. The van der Waals surface area contributed by atoms with Gasteiger partial charge in [0.1, 0.15) is 12.4 Å². The van der Waals surface area contributed by atoms with Crippen molar-refractivity contribution in [3.05, 3.63) is 51.2 Å². The summed E-state index contributed by atoms with van der Waals surface area (Å²) < 4.78 is 5.99. The van der Waals surface area contributed by atoms with Crippen LogP contribution in [0.1, 0.15) is 52.0 Å². The van der Waals surface area contributed by atoms with Crippen LogP contribution in [-0.2, 0) is 6.61 Å². The van der Waals surface area contributed by atoms with Crippen LogP contribution in [0.15, 0.2) is 29.6 Å². The van der Waals surface area contributed by atoms with E-state index in [0.29, 0.717) is 6.61 Å². The smallest absolute Gasteiger partial charge is 0.263 e. The van der Waals surface area contributed by atoms with Gasteiger partial charge >= 0.3 is 0 Å². The predicted molar refractivity (Wildman–Crippen MR) is 98.9 cm³/mol. The topological polar surface area (TPSA) is 29.5 Å². The molecule has 4 heteroatoms. The van der Waals surface area contributed by atoms with Crippen molar-refractivity contribution in [1.29, 1.82) is 0 Å². The van der Waals surface area contributed by atoms with E-state index in [0.717, 1.165) is 53.2 Å². The Kier molecular flexibility index (Phi) is 5.56. The summed E-state index contributed by atoms with van der Waals surface area (Å²) in [5.74, 6) is 1.13. The Labute approximate surface area is 148 Å². The molecule has 0 bridgehead atoms. The Hall–Kier alpha value is -1.81. The molecule has 1 aliphatic heterocycles. The minimum absolute atomic E-state index is 0.181.